The molecule has 0 fully saturated rings. The standard InChI is InChI=1S/C9H9FN2O3/c1-9(8(14)15,12-5-13)7-3-2-6(10)4-11-7/h2-5H,1H3,(H,12,13)(H,14,15). The maximum absolute atomic E-state index is 12.6. The Kier molecular flexibility index (Phi) is 2.99. The molecule has 0 aliphatic carbocycles. The lowest BCUT2D eigenvalue weighted by molar-refractivity contribution is -0.146. The van der Waals surface area contributed by atoms with Gasteiger partial charge in [0.05, 0.1) is 11.9 Å². The molecule has 1 amide bonds. The molecule has 1 rings (SSSR count). The molecule has 0 aromatic carbocycles. The van der Waals surface area contributed by atoms with Crippen LogP contribution < -0.4 is 5.32 Å². The average molecular weight is 212 g/mol. The summed E-state index contributed by atoms with van der Waals surface area (Å²) in [4.78, 5) is 24.8. The highest BCUT2D eigenvalue weighted by molar-refractivity contribution is 5.82. The average Bonchev–Trinajstić information content (AvgIpc) is 2.18. The first-order valence-corrected chi connectivity index (χ1v) is 4.07. The smallest absolute Gasteiger partial charge is 0.335 e. The van der Waals surface area contributed by atoms with Gasteiger partial charge in [0.15, 0.2) is 5.54 Å². The molecule has 2 N–H and O–H groups in total. The minimum atomic E-state index is -1.64. The lowest BCUT2D eigenvalue weighted by Crippen LogP contribution is -2.46. The van der Waals surface area contributed by atoms with Crippen molar-refractivity contribution in [3.63, 3.8) is 0 Å². The Hall–Kier alpha value is -1.98. The molecule has 1 unspecified atom stereocenters. The predicted octanol–water partition coefficient (Wildman–Crippen LogP) is 0.266. The number of amides is 1. The number of nitrogens with one attached hydrogen (secondary N) is 1. The number of pyridine rings is 1. The van der Waals surface area contributed by atoms with Gasteiger partial charge in [0.2, 0.25) is 6.41 Å². The zero-order chi connectivity index (χ0) is 11.5. The zero-order valence-corrected chi connectivity index (χ0v) is 7.90. The van der Waals surface area contributed by atoms with E-state index in [1.807, 2.05) is 0 Å². The fourth-order valence-electron chi connectivity index (χ4n) is 1.03. The third kappa shape index (κ3) is 2.09. The fraction of sp³-hybridized carbons (Fsp3) is 0.222. The van der Waals surface area contributed by atoms with Crippen LogP contribution in [0.15, 0.2) is 18.3 Å². The number of hydrogen-bond acceptors (Lipinski definition) is 3. The highest BCUT2D eigenvalue weighted by Crippen LogP contribution is 2.18. The van der Waals surface area contributed by atoms with Crippen LogP contribution in [0.3, 0.4) is 0 Å². The number of carbonyl (C=O) groups is 2. The second kappa shape index (κ2) is 4.04. The van der Waals surface area contributed by atoms with Crippen molar-refractivity contribution in [3.05, 3.63) is 29.8 Å². The molecule has 1 aromatic rings. The van der Waals surface area contributed by atoms with Crippen molar-refractivity contribution in [1.29, 1.82) is 0 Å². The van der Waals surface area contributed by atoms with Gasteiger partial charge in [0.1, 0.15) is 5.82 Å². The molecule has 6 heteroatoms. The number of hydrogen-bond donors (Lipinski definition) is 2. The fourth-order valence-corrected chi connectivity index (χ4v) is 1.03. The topological polar surface area (TPSA) is 79.3 Å². The van der Waals surface area contributed by atoms with Crippen molar-refractivity contribution in [2.24, 2.45) is 0 Å². The molecule has 0 bridgehead atoms. The van der Waals surface area contributed by atoms with Gasteiger partial charge in [-0.25, -0.2) is 9.18 Å². The minimum Gasteiger partial charge on any atom is -0.479 e. The quantitative estimate of drug-likeness (QED) is 0.702. The Labute approximate surface area is 84.9 Å². The van der Waals surface area contributed by atoms with E-state index >= 15 is 0 Å². The number of rotatable bonds is 4. The summed E-state index contributed by atoms with van der Waals surface area (Å²) in [6, 6.07) is 2.29. The van der Waals surface area contributed by atoms with E-state index in [-0.39, 0.29) is 12.1 Å². The number of carboxylic acid groups (broad SMARTS) is 1. The molecule has 1 heterocycles. The molecule has 15 heavy (non-hydrogen) atoms. The van der Waals surface area contributed by atoms with E-state index in [1.165, 1.54) is 13.0 Å². The van der Waals surface area contributed by atoms with Gasteiger partial charge in [-0.1, -0.05) is 0 Å². The van der Waals surface area contributed by atoms with E-state index in [2.05, 4.69) is 10.3 Å². The zero-order valence-electron chi connectivity index (χ0n) is 7.90. The van der Waals surface area contributed by atoms with Crippen LogP contribution in [-0.4, -0.2) is 22.5 Å². The first-order valence-electron chi connectivity index (χ1n) is 4.07. The SMILES string of the molecule is CC(NC=O)(C(=O)O)c1ccc(F)cn1. The molecule has 0 saturated carbocycles. The molecule has 0 aliphatic rings. The number of carbonyl (C=O) groups excluding carboxylic acids is 1. The van der Waals surface area contributed by atoms with E-state index in [1.54, 1.807) is 0 Å². The van der Waals surface area contributed by atoms with Crippen molar-refractivity contribution >= 4 is 12.4 Å². The number of halogens is 1. The van der Waals surface area contributed by atoms with Crippen molar-refractivity contribution < 1.29 is 19.1 Å². The number of aliphatic carboxylic acids is 1. The lowest BCUT2D eigenvalue weighted by atomic mass is 9.98. The van der Waals surface area contributed by atoms with E-state index in [0.29, 0.717) is 0 Å². The second-order valence-electron chi connectivity index (χ2n) is 3.05. The van der Waals surface area contributed by atoms with Gasteiger partial charge in [-0.05, 0) is 19.1 Å². The highest BCUT2D eigenvalue weighted by atomic mass is 19.1. The van der Waals surface area contributed by atoms with Gasteiger partial charge in [-0.2, -0.15) is 0 Å². The maximum Gasteiger partial charge on any atom is 0.335 e. The van der Waals surface area contributed by atoms with Crippen molar-refractivity contribution in [3.8, 4) is 0 Å². The number of carboxylic acids is 1. The van der Waals surface area contributed by atoms with E-state index in [9.17, 15) is 14.0 Å². The summed E-state index contributed by atoms with van der Waals surface area (Å²) in [6.45, 7) is 1.27. The minimum absolute atomic E-state index is 0.0588. The van der Waals surface area contributed by atoms with Crippen LogP contribution in [0, 0.1) is 5.82 Å². The molecular formula is C9H9FN2O3. The molecule has 0 spiro atoms. The first kappa shape index (κ1) is 11.1. The van der Waals surface area contributed by atoms with Crippen LogP contribution in [-0.2, 0) is 15.1 Å². The van der Waals surface area contributed by atoms with Gasteiger partial charge < -0.3 is 10.4 Å². The Morgan fingerprint density at radius 3 is 2.73 bits per heavy atom. The molecule has 1 atom stereocenters. The second-order valence-corrected chi connectivity index (χ2v) is 3.05. The van der Waals surface area contributed by atoms with Crippen LogP contribution in [0.5, 0.6) is 0 Å². The highest BCUT2D eigenvalue weighted by Gasteiger charge is 2.36. The van der Waals surface area contributed by atoms with Gasteiger partial charge >= 0.3 is 5.97 Å². The monoisotopic (exact) mass is 212 g/mol. The Balaban J connectivity index is 3.14. The molecule has 80 valence electrons. The molecule has 1 aromatic heterocycles. The summed E-state index contributed by atoms with van der Waals surface area (Å²) in [5.74, 6) is -1.84. The van der Waals surface area contributed by atoms with Crippen molar-refractivity contribution in [2.45, 2.75) is 12.5 Å². The van der Waals surface area contributed by atoms with Crippen molar-refractivity contribution in [2.75, 3.05) is 0 Å². The molecule has 0 saturated heterocycles. The molecule has 5 nitrogen and oxygen atoms in total. The van der Waals surface area contributed by atoms with E-state index in [0.717, 1.165) is 12.3 Å². The Bertz CT molecular complexity index is 379. The molecular weight excluding hydrogens is 203 g/mol. The van der Waals surface area contributed by atoms with Gasteiger partial charge in [0.25, 0.3) is 0 Å². The Morgan fingerprint density at radius 1 is 1.67 bits per heavy atom. The Morgan fingerprint density at radius 2 is 2.33 bits per heavy atom. The predicted molar refractivity (Wildman–Crippen MR) is 48.4 cm³/mol. The van der Waals surface area contributed by atoms with Crippen LogP contribution in [0.2, 0.25) is 0 Å². The number of aromatic nitrogens is 1. The van der Waals surface area contributed by atoms with Gasteiger partial charge in [-0.3, -0.25) is 9.78 Å². The van der Waals surface area contributed by atoms with Crippen LogP contribution >= 0.6 is 0 Å². The third-order valence-electron chi connectivity index (χ3n) is 2.02. The first-order chi connectivity index (χ1) is 7.00. The molecule has 0 radical (unpaired) electrons. The number of nitrogens with zero attached hydrogens (tertiary/aromatic N) is 1. The summed E-state index contributed by atoms with van der Waals surface area (Å²) < 4.78 is 12.6. The van der Waals surface area contributed by atoms with Crippen LogP contribution in [0.1, 0.15) is 12.6 Å². The van der Waals surface area contributed by atoms with Crippen LogP contribution in [0.4, 0.5) is 4.39 Å². The van der Waals surface area contributed by atoms with Crippen LogP contribution in [0.25, 0.3) is 0 Å². The summed E-state index contributed by atoms with van der Waals surface area (Å²) in [6.07, 6.45) is 1.15. The maximum atomic E-state index is 12.6. The summed E-state index contributed by atoms with van der Waals surface area (Å²) >= 11 is 0. The lowest BCUT2D eigenvalue weighted by Gasteiger charge is -2.22. The summed E-state index contributed by atoms with van der Waals surface area (Å²) in [5.41, 5.74) is -1.58. The summed E-state index contributed by atoms with van der Waals surface area (Å²) in [5, 5.41) is 11.1. The third-order valence-corrected chi connectivity index (χ3v) is 2.02. The largest absolute Gasteiger partial charge is 0.479 e. The van der Waals surface area contributed by atoms with Gasteiger partial charge in [-0.15, -0.1) is 0 Å². The normalized spacial score (nSPS) is 14.0. The van der Waals surface area contributed by atoms with E-state index in [4.69, 9.17) is 5.11 Å². The van der Waals surface area contributed by atoms with Crippen molar-refractivity contribution in [1.82, 2.24) is 10.3 Å². The summed E-state index contributed by atoms with van der Waals surface area (Å²) in [7, 11) is 0. The molecule has 0 aliphatic heterocycles. The van der Waals surface area contributed by atoms with E-state index < -0.39 is 17.3 Å². The van der Waals surface area contributed by atoms with Gasteiger partial charge in [0, 0.05) is 0 Å².